The molecule has 0 aromatic heterocycles. The lowest BCUT2D eigenvalue weighted by Crippen LogP contribution is -2.08. The Morgan fingerprint density at radius 2 is 1.70 bits per heavy atom. The van der Waals surface area contributed by atoms with Crippen LogP contribution in [0.1, 0.15) is 21.5 Å². The third-order valence-corrected chi connectivity index (χ3v) is 3.38. The first-order valence-corrected chi connectivity index (χ1v) is 7.12. The van der Waals surface area contributed by atoms with E-state index in [4.69, 9.17) is 18.9 Å². The summed E-state index contributed by atoms with van der Waals surface area (Å²) in [6.45, 7) is 2.18. The molecule has 0 N–H and O–H groups in total. The maximum absolute atomic E-state index is 12.4. The van der Waals surface area contributed by atoms with Crippen molar-refractivity contribution in [1.82, 2.24) is 0 Å². The minimum atomic E-state index is -0.482. The average molecular weight is 316 g/mol. The van der Waals surface area contributed by atoms with Crippen molar-refractivity contribution in [3.8, 4) is 17.2 Å². The van der Waals surface area contributed by atoms with E-state index in [1.807, 2.05) is 31.2 Å². The maximum Gasteiger partial charge on any atom is 0.342 e. The van der Waals surface area contributed by atoms with Crippen LogP contribution in [0.25, 0.3) is 0 Å². The lowest BCUT2D eigenvalue weighted by atomic mass is 10.1. The van der Waals surface area contributed by atoms with Gasteiger partial charge in [0.25, 0.3) is 0 Å². The number of rotatable bonds is 6. The van der Waals surface area contributed by atoms with E-state index in [2.05, 4.69) is 0 Å². The van der Waals surface area contributed by atoms with Crippen molar-refractivity contribution in [2.45, 2.75) is 13.5 Å². The van der Waals surface area contributed by atoms with E-state index >= 15 is 0 Å². The number of benzene rings is 2. The summed E-state index contributed by atoms with van der Waals surface area (Å²) < 4.78 is 21.1. The molecule has 0 heterocycles. The zero-order valence-electron chi connectivity index (χ0n) is 13.7. The molecule has 0 aliphatic heterocycles. The fourth-order valence-electron chi connectivity index (χ4n) is 2.29. The van der Waals surface area contributed by atoms with Gasteiger partial charge in [0.1, 0.15) is 12.2 Å². The number of carbonyl (C=O) groups excluding carboxylic acids is 1. The smallest absolute Gasteiger partial charge is 0.342 e. The second kappa shape index (κ2) is 7.54. The Hall–Kier alpha value is -2.69. The molecule has 0 aliphatic carbocycles. The molecule has 122 valence electrons. The van der Waals surface area contributed by atoms with Crippen LogP contribution in [0.3, 0.4) is 0 Å². The Bertz CT molecular complexity index is 694. The quantitative estimate of drug-likeness (QED) is 0.765. The molecular formula is C18H20O5. The summed E-state index contributed by atoms with van der Waals surface area (Å²) in [7, 11) is 4.48. The van der Waals surface area contributed by atoms with Crippen LogP contribution in [0.15, 0.2) is 36.4 Å². The summed E-state index contributed by atoms with van der Waals surface area (Å²) in [6.07, 6.45) is 0. The first kappa shape index (κ1) is 16.7. The number of aryl methyl sites for hydroxylation is 1. The highest BCUT2D eigenvalue weighted by Crippen LogP contribution is 2.40. The zero-order valence-corrected chi connectivity index (χ0v) is 13.7. The molecule has 0 aliphatic rings. The van der Waals surface area contributed by atoms with Crippen molar-refractivity contribution in [1.29, 1.82) is 0 Å². The summed E-state index contributed by atoms with van der Waals surface area (Å²) in [5, 5.41) is 0. The van der Waals surface area contributed by atoms with Crippen molar-refractivity contribution in [3.05, 3.63) is 53.1 Å². The third-order valence-electron chi connectivity index (χ3n) is 3.38. The molecule has 23 heavy (non-hydrogen) atoms. The number of carbonyl (C=O) groups is 1. The number of hydrogen-bond acceptors (Lipinski definition) is 5. The summed E-state index contributed by atoms with van der Waals surface area (Å²) in [5.41, 5.74) is 2.33. The van der Waals surface area contributed by atoms with E-state index < -0.39 is 5.97 Å². The van der Waals surface area contributed by atoms with Crippen LogP contribution in [0.5, 0.6) is 17.2 Å². The first-order valence-electron chi connectivity index (χ1n) is 7.12. The zero-order chi connectivity index (χ0) is 16.8. The van der Waals surface area contributed by atoms with Gasteiger partial charge in [0.15, 0.2) is 11.5 Å². The van der Waals surface area contributed by atoms with Gasteiger partial charge in [-0.3, -0.25) is 0 Å². The highest BCUT2D eigenvalue weighted by molar-refractivity contribution is 5.94. The predicted octanol–water partition coefficient (Wildman–Crippen LogP) is 3.38. The Kier molecular flexibility index (Phi) is 5.46. The van der Waals surface area contributed by atoms with Crippen molar-refractivity contribution in [2.75, 3.05) is 21.3 Å². The van der Waals surface area contributed by atoms with Crippen LogP contribution < -0.4 is 14.2 Å². The molecule has 0 amide bonds. The normalized spacial score (nSPS) is 10.1. The predicted molar refractivity (Wildman–Crippen MR) is 86.4 cm³/mol. The second-order valence-electron chi connectivity index (χ2n) is 4.95. The summed E-state index contributed by atoms with van der Waals surface area (Å²) >= 11 is 0. The van der Waals surface area contributed by atoms with E-state index in [1.54, 1.807) is 12.1 Å². The molecule has 2 aromatic rings. The SMILES string of the molecule is COc1ccc(C(=O)OCc2cccc(C)c2)c(OC)c1OC. The Balaban J connectivity index is 2.22. The molecule has 0 saturated heterocycles. The van der Waals surface area contributed by atoms with Crippen LogP contribution in [-0.4, -0.2) is 27.3 Å². The van der Waals surface area contributed by atoms with Gasteiger partial charge in [-0.2, -0.15) is 0 Å². The third kappa shape index (κ3) is 3.74. The minimum absolute atomic E-state index is 0.192. The fraction of sp³-hybridized carbons (Fsp3) is 0.278. The lowest BCUT2D eigenvalue weighted by Gasteiger charge is -2.15. The Labute approximate surface area is 135 Å². The van der Waals surface area contributed by atoms with Gasteiger partial charge in [0, 0.05) is 0 Å². The molecule has 2 aromatic carbocycles. The van der Waals surface area contributed by atoms with Crippen molar-refractivity contribution >= 4 is 5.97 Å². The molecule has 0 atom stereocenters. The van der Waals surface area contributed by atoms with E-state index in [1.165, 1.54) is 21.3 Å². The van der Waals surface area contributed by atoms with Crippen LogP contribution in [0.4, 0.5) is 0 Å². The van der Waals surface area contributed by atoms with Gasteiger partial charge < -0.3 is 18.9 Å². The summed E-state index contributed by atoms with van der Waals surface area (Å²) in [6, 6.07) is 11.0. The molecule has 0 radical (unpaired) electrons. The molecule has 0 bridgehead atoms. The monoisotopic (exact) mass is 316 g/mol. The highest BCUT2D eigenvalue weighted by atomic mass is 16.5. The van der Waals surface area contributed by atoms with Crippen molar-refractivity contribution < 1.29 is 23.7 Å². The molecule has 0 spiro atoms. The molecular weight excluding hydrogens is 296 g/mol. The van der Waals surface area contributed by atoms with E-state index in [0.717, 1.165) is 11.1 Å². The number of esters is 1. The van der Waals surface area contributed by atoms with Gasteiger partial charge in [-0.15, -0.1) is 0 Å². The number of ether oxygens (including phenoxy) is 4. The van der Waals surface area contributed by atoms with Gasteiger partial charge in [0.2, 0.25) is 5.75 Å². The molecule has 0 unspecified atom stereocenters. The van der Waals surface area contributed by atoms with Gasteiger partial charge in [-0.25, -0.2) is 4.79 Å². The fourth-order valence-corrected chi connectivity index (χ4v) is 2.29. The molecule has 2 rings (SSSR count). The Morgan fingerprint density at radius 3 is 2.30 bits per heavy atom. The van der Waals surface area contributed by atoms with Gasteiger partial charge in [-0.1, -0.05) is 29.8 Å². The Morgan fingerprint density at radius 1 is 0.957 bits per heavy atom. The van der Waals surface area contributed by atoms with Crippen LogP contribution in [0.2, 0.25) is 0 Å². The largest absolute Gasteiger partial charge is 0.493 e. The standard InChI is InChI=1S/C18H20O5/c1-12-6-5-7-13(10-12)11-23-18(19)14-8-9-15(20-2)17(22-4)16(14)21-3/h5-10H,11H2,1-4H3. The number of methoxy groups -OCH3 is 3. The summed E-state index contributed by atoms with van der Waals surface area (Å²) in [5.74, 6) is 0.657. The van der Waals surface area contributed by atoms with Gasteiger partial charge >= 0.3 is 5.97 Å². The van der Waals surface area contributed by atoms with Crippen molar-refractivity contribution in [3.63, 3.8) is 0 Å². The van der Waals surface area contributed by atoms with E-state index in [9.17, 15) is 4.79 Å². The molecule has 0 saturated carbocycles. The second-order valence-corrected chi connectivity index (χ2v) is 4.95. The maximum atomic E-state index is 12.4. The van der Waals surface area contributed by atoms with Gasteiger partial charge in [0.05, 0.1) is 21.3 Å². The van der Waals surface area contributed by atoms with E-state index in [-0.39, 0.29) is 12.2 Å². The van der Waals surface area contributed by atoms with Crippen molar-refractivity contribution in [2.24, 2.45) is 0 Å². The average Bonchev–Trinajstić information content (AvgIpc) is 2.58. The molecule has 5 heteroatoms. The summed E-state index contributed by atoms with van der Waals surface area (Å²) in [4.78, 5) is 12.4. The number of hydrogen-bond donors (Lipinski definition) is 0. The minimum Gasteiger partial charge on any atom is -0.493 e. The topological polar surface area (TPSA) is 54.0 Å². The highest BCUT2D eigenvalue weighted by Gasteiger charge is 2.21. The molecule has 0 fully saturated rings. The van der Waals surface area contributed by atoms with Crippen LogP contribution in [-0.2, 0) is 11.3 Å². The van der Waals surface area contributed by atoms with Crippen LogP contribution >= 0.6 is 0 Å². The first-order chi connectivity index (χ1) is 11.1. The van der Waals surface area contributed by atoms with Gasteiger partial charge in [-0.05, 0) is 24.6 Å². The van der Waals surface area contributed by atoms with Crippen LogP contribution in [0, 0.1) is 6.92 Å². The molecule has 5 nitrogen and oxygen atoms in total. The van der Waals surface area contributed by atoms with E-state index in [0.29, 0.717) is 17.2 Å². The lowest BCUT2D eigenvalue weighted by molar-refractivity contribution is 0.0468.